The van der Waals surface area contributed by atoms with Crippen LogP contribution in [0.5, 0.6) is 0 Å². The van der Waals surface area contributed by atoms with Crippen molar-refractivity contribution in [3.05, 3.63) is 22.4 Å². The number of hydrogen-bond acceptors (Lipinski definition) is 5. The zero-order valence-corrected chi connectivity index (χ0v) is 14.3. The third-order valence-corrected chi connectivity index (χ3v) is 5.95. The minimum atomic E-state index is -0.405. The van der Waals surface area contributed by atoms with Gasteiger partial charge in [-0.05, 0) is 30.7 Å². The standard InChI is InChI=1S/C17H21N3O3S/c21-15(18-13-2-1-3-13)14-10-17(23-19-14)5-7-20(8-6-17)16(22)12-4-9-24-11-12/h4,9,11,13H,1-3,5-8,10H2,(H,18,21). The summed E-state index contributed by atoms with van der Waals surface area (Å²) in [5, 5.41) is 10.9. The number of rotatable bonds is 3. The Morgan fingerprint density at radius 3 is 2.75 bits per heavy atom. The quantitative estimate of drug-likeness (QED) is 0.911. The molecule has 3 heterocycles. The molecule has 1 spiro atoms. The van der Waals surface area contributed by atoms with E-state index in [1.165, 1.54) is 17.8 Å². The summed E-state index contributed by atoms with van der Waals surface area (Å²) >= 11 is 1.53. The van der Waals surface area contributed by atoms with E-state index in [1.54, 1.807) is 0 Å². The highest BCUT2D eigenvalue weighted by molar-refractivity contribution is 7.08. The molecular formula is C17H21N3O3S. The van der Waals surface area contributed by atoms with Crippen molar-refractivity contribution < 1.29 is 14.4 Å². The molecule has 1 saturated carbocycles. The molecule has 1 N–H and O–H groups in total. The fourth-order valence-electron chi connectivity index (χ4n) is 3.42. The second kappa shape index (κ2) is 6.20. The fourth-order valence-corrected chi connectivity index (χ4v) is 4.05. The number of nitrogens with zero attached hydrogens (tertiary/aromatic N) is 2. The summed E-state index contributed by atoms with van der Waals surface area (Å²) in [7, 11) is 0. The lowest BCUT2D eigenvalue weighted by molar-refractivity contribution is -0.116. The van der Waals surface area contributed by atoms with Crippen LogP contribution in [-0.2, 0) is 9.63 Å². The smallest absolute Gasteiger partial charge is 0.269 e. The maximum absolute atomic E-state index is 12.4. The van der Waals surface area contributed by atoms with Gasteiger partial charge in [0.05, 0.1) is 5.56 Å². The maximum Gasteiger partial charge on any atom is 0.269 e. The van der Waals surface area contributed by atoms with Crippen LogP contribution in [0, 0.1) is 0 Å². The van der Waals surface area contributed by atoms with E-state index in [-0.39, 0.29) is 11.8 Å². The van der Waals surface area contributed by atoms with Crippen molar-refractivity contribution in [2.45, 2.75) is 50.2 Å². The molecule has 1 aromatic rings. The minimum Gasteiger partial charge on any atom is -0.388 e. The average Bonchev–Trinajstić information content (AvgIpc) is 3.21. The topological polar surface area (TPSA) is 71.0 Å². The Balaban J connectivity index is 1.31. The van der Waals surface area contributed by atoms with Gasteiger partial charge in [0.1, 0.15) is 11.3 Å². The van der Waals surface area contributed by atoms with E-state index < -0.39 is 5.60 Å². The molecule has 2 fully saturated rings. The molecule has 128 valence electrons. The molecule has 0 aromatic carbocycles. The molecule has 1 aliphatic carbocycles. The van der Waals surface area contributed by atoms with Crippen molar-refractivity contribution >= 4 is 28.9 Å². The predicted molar refractivity (Wildman–Crippen MR) is 91.1 cm³/mol. The summed E-state index contributed by atoms with van der Waals surface area (Å²) < 4.78 is 0. The molecule has 1 saturated heterocycles. The second-order valence-electron chi connectivity index (χ2n) is 6.89. The van der Waals surface area contributed by atoms with E-state index in [0.29, 0.717) is 44.1 Å². The van der Waals surface area contributed by atoms with Crippen molar-refractivity contribution in [1.82, 2.24) is 10.2 Å². The molecule has 4 rings (SSSR count). The van der Waals surface area contributed by atoms with E-state index in [4.69, 9.17) is 4.84 Å². The molecule has 24 heavy (non-hydrogen) atoms. The Hall–Kier alpha value is -1.89. The van der Waals surface area contributed by atoms with Crippen molar-refractivity contribution in [2.75, 3.05) is 13.1 Å². The van der Waals surface area contributed by atoms with Crippen LogP contribution >= 0.6 is 11.3 Å². The summed E-state index contributed by atoms with van der Waals surface area (Å²) in [4.78, 5) is 32.1. The number of oxime groups is 1. The van der Waals surface area contributed by atoms with Gasteiger partial charge in [-0.3, -0.25) is 9.59 Å². The number of carbonyl (C=O) groups excluding carboxylic acids is 2. The lowest BCUT2D eigenvalue weighted by Gasteiger charge is -2.37. The van der Waals surface area contributed by atoms with Gasteiger partial charge in [-0.15, -0.1) is 0 Å². The van der Waals surface area contributed by atoms with E-state index >= 15 is 0 Å². The van der Waals surface area contributed by atoms with E-state index in [1.807, 2.05) is 21.7 Å². The highest BCUT2D eigenvalue weighted by atomic mass is 32.1. The van der Waals surface area contributed by atoms with Gasteiger partial charge < -0.3 is 15.1 Å². The number of piperidine rings is 1. The number of nitrogens with one attached hydrogen (secondary N) is 1. The lowest BCUT2D eigenvalue weighted by atomic mass is 9.86. The minimum absolute atomic E-state index is 0.0768. The highest BCUT2D eigenvalue weighted by Crippen LogP contribution is 2.35. The summed E-state index contributed by atoms with van der Waals surface area (Å²) in [5.74, 6) is -0.0127. The zero-order chi connectivity index (χ0) is 16.6. The van der Waals surface area contributed by atoms with E-state index in [9.17, 15) is 9.59 Å². The predicted octanol–water partition coefficient (Wildman–Crippen LogP) is 2.17. The van der Waals surface area contributed by atoms with Crippen LogP contribution < -0.4 is 5.32 Å². The summed E-state index contributed by atoms with van der Waals surface area (Å²) in [5.41, 5.74) is 0.845. The van der Waals surface area contributed by atoms with E-state index in [0.717, 1.165) is 18.4 Å². The molecule has 2 aliphatic heterocycles. The van der Waals surface area contributed by atoms with Gasteiger partial charge >= 0.3 is 0 Å². The van der Waals surface area contributed by atoms with Crippen molar-refractivity contribution in [3.8, 4) is 0 Å². The molecule has 1 aromatic heterocycles. The van der Waals surface area contributed by atoms with Crippen LogP contribution in [0.4, 0.5) is 0 Å². The fraction of sp³-hybridized carbons (Fsp3) is 0.588. The first-order chi connectivity index (χ1) is 11.7. The zero-order valence-electron chi connectivity index (χ0n) is 13.5. The normalized spacial score (nSPS) is 22.7. The molecule has 2 amide bonds. The Kier molecular flexibility index (Phi) is 4.04. The number of likely N-dealkylation sites (tertiary alicyclic amines) is 1. The third-order valence-electron chi connectivity index (χ3n) is 5.27. The first-order valence-corrected chi connectivity index (χ1v) is 9.47. The van der Waals surface area contributed by atoms with Crippen LogP contribution in [-0.4, -0.2) is 47.2 Å². The van der Waals surface area contributed by atoms with Crippen LogP contribution in [0.3, 0.4) is 0 Å². The third kappa shape index (κ3) is 2.92. The average molecular weight is 347 g/mol. The van der Waals surface area contributed by atoms with Gasteiger partial charge in [-0.25, -0.2) is 0 Å². The Morgan fingerprint density at radius 2 is 2.12 bits per heavy atom. The monoisotopic (exact) mass is 347 g/mol. The van der Waals surface area contributed by atoms with Gasteiger partial charge in [0.2, 0.25) is 0 Å². The SMILES string of the molecule is O=C(NC1CCC1)C1=NOC2(CCN(C(=O)c3ccsc3)CC2)C1. The summed E-state index contributed by atoms with van der Waals surface area (Å²) in [6.07, 6.45) is 5.28. The molecule has 7 heteroatoms. The molecule has 0 atom stereocenters. The van der Waals surface area contributed by atoms with Gasteiger partial charge in [0, 0.05) is 43.8 Å². The van der Waals surface area contributed by atoms with Crippen LogP contribution in [0.15, 0.2) is 22.0 Å². The summed E-state index contributed by atoms with van der Waals surface area (Å²) in [6.45, 7) is 1.28. The number of thiophene rings is 1. The second-order valence-corrected chi connectivity index (χ2v) is 7.67. The van der Waals surface area contributed by atoms with Crippen LogP contribution in [0.1, 0.15) is 48.9 Å². The van der Waals surface area contributed by atoms with Gasteiger partial charge in [0.15, 0.2) is 0 Å². The Labute approximate surface area is 144 Å². The van der Waals surface area contributed by atoms with Crippen molar-refractivity contribution in [2.24, 2.45) is 5.16 Å². The number of hydrogen-bond donors (Lipinski definition) is 1. The van der Waals surface area contributed by atoms with Crippen molar-refractivity contribution in [3.63, 3.8) is 0 Å². The van der Waals surface area contributed by atoms with Gasteiger partial charge in [-0.1, -0.05) is 5.16 Å². The molecular weight excluding hydrogens is 326 g/mol. The van der Waals surface area contributed by atoms with Gasteiger partial charge in [0.25, 0.3) is 11.8 Å². The molecule has 0 bridgehead atoms. The largest absolute Gasteiger partial charge is 0.388 e. The highest BCUT2D eigenvalue weighted by Gasteiger charge is 2.44. The maximum atomic E-state index is 12.4. The molecule has 0 radical (unpaired) electrons. The molecule has 3 aliphatic rings. The van der Waals surface area contributed by atoms with Crippen molar-refractivity contribution in [1.29, 1.82) is 0 Å². The first-order valence-electron chi connectivity index (χ1n) is 8.53. The first kappa shape index (κ1) is 15.6. The number of amides is 2. The lowest BCUT2D eigenvalue weighted by Crippen LogP contribution is -2.48. The van der Waals surface area contributed by atoms with Gasteiger partial charge in [-0.2, -0.15) is 11.3 Å². The summed E-state index contributed by atoms with van der Waals surface area (Å²) in [6, 6.07) is 2.16. The Morgan fingerprint density at radius 1 is 1.33 bits per heavy atom. The van der Waals surface area contributed by atoms with Crippen LogP contribution in [0.2, 0.25) is 0 Å². The number of carbonyl (C=O) groups is 2. The van der Waals surface area contributed by atoms with Crippen LogP contribution in [0.25, 0.3) is 0 Å². The van der Waals surface area contributed by atoms with E-state index in [2.05, 4.69) is 10.5 Å². The Bertz CT molecular complexity index is 659. The molecule has 6 nitrogen and oxygen atoms in total. The molecule has 0 unspecified atom stereocenters.